The summed E-state index contributed by atoms with van der Waals surface area (Å²) in [5, 5.41) is 8.90. The van der Waals surface area contributed by atoms with Gasteiger partial charge in [0.15, 0.2) is 6.10 Å². The number of allylic oxidation sites excluding steroid dienone is 10. The number of rotatable bonds is 42. The van der Waals surface area contributed by atoms with Gasteiger partial charge in [-0.3, -0.25) is 23.4 Å². The molecule has 0 rings (SSSR count). The number of phosphoric acid groups is 1. The van der Waals surface area contributed by atoms with Crippen molar-refractivity contribution in [2.45, 2.75) is 199 Å². The first-order chi connectivity index (χ1) is 28.6. The van der Waals surface area contributed by atoms with Crippen LogP contribution in [0.25, 0.3) is 0 Å². The fraction of sp³-hybridized carbons (Fsp3) is 0.723. The van der Waals surface area contributed by atoms with E-state index in [0.29, 0.717) is 12.8 Å². The summed E-state index contributed by atoms with van der Waals surface area (Å²) < 4.78 is 32.7. The van der Waals surface area contributed by atoms with Gasteiger partial charge in [0, 0.05) is 12.8 Å². The summed E-state index contributed by atoms with van der Waals surface area (Å²) >= 11 is 0. The van der Waals surface area contributed by atoms with Crippen LogP contribution in [0, 0.1) is 0 Å². The molecule has 0 aliphatic rings. The second-order valence-electron chi connectivity index (χ2n) is 15.1. The monoisotopic (exact) mass is 852 g/mol. The van der Waals surface area contributed by atoms with Crippen molar-refractivity contribution < 1.29 is 47.5 Å². The molecular formula is C47H82NO10P. The highest BCUT2D eigenvalue weighted by Gasteiger charge is 2.28. The summed E-state index contributed by atoms with van der Waals surface area (Å²) in [6.07, 6.45) is 48.5. The quantitative estimate of drug-likeness (QED) is 0.0231. The molecule has 0 amide bonds. The number of esters is 2. The largest absolute Gasteiger partial charge is 0.480 e. The van der Waals surface area contributed by atoms with E-state index in [2.05, 4.69) is 79.1 Å². The number of ether oxygens (including phenoxy) is 2. The van der Waals surface area contributed by atoms with Crippen molar-refractivity contribution in [2.24, 2.45) is 5.73 Å². The number of hydrogen-bond acceptors (Lipinski definition) is 9. The van der Waals surface area contributed by atoms with Crippen molar-refractivity contribution in [3.05, 3.63) is 60.8 Å². The predicted octanol–water partition coefficient (Wildman–Crippen LogP) is 12.3. The normalized spacial score (nSPS) is 14.2. The first-order valence-corrected chi connectivity index (χ1v) is 24.3. The fourth-order valence-electron chi connectivity index (χ4n) is 5.93. The Hall–Kier alpha value is -2.82. The van der Waals surface area contributed by atoms with E-state index < -0.39 is 51.1 Å². The van der Waals surface area contributed by atoms with Gasteiger partial charge in [-0.25, -0.2) is 4.57 Å². The Labute approximate surface area is 357 Å². The minimum atomic E-state index is -4.72. The summed E-state index contributed by atoms with van der Waals surface area (Å²) in [7, 11) is -4.72. The molecule has 11 nitrogen and oxygen atoms in total. The predicted molar refractivity (Wildman–Crippen MR) is 240 cm³/mol. The van der Waals surface area contributed by atoms with Gasteiger partial charge in [-0.2, -0.15) is 0 Å². The molecule has 0 bridgehead atoms. The molecule has 59 heavy (non-hydrogen) atoms. The first-order valence-electron chi connectivity index (χ1n) is 22.8. The lowest BCUT2D eigenvalue weighted by Crippen LogP contribution is -2.34. The van der Waals surface area contributed by atoms with E-state index in [1.165, 1.54) is 57.8 Å². The average Bonchev–Trinajstić information content (AvgIpc) is 3.21. The maximum Gasteiger partial charge on any atom is 0.472 e. The third kappa shape index (κ3) is 41.7. The van der Waals surface area contributed by atoms with Crippen molar-refractivity contribution in [2.75, 3.05) is 19.8 Å². The van der Waals surface area contributed by atoms with Gasteiger partial charge in [0.05, 0.1) is 13.2 Å². The van der Waals surface area contributed by atoms with Crippen molar-refractivity contribution in [1.82, 2.24) is 0 Å². The lowest BCUT2D eigenvalue weighted by atomic mass is 10.1. The second-order valence-corrected chi connectivity index (χ2v) is 16.6. The summed E-state index contributed by atoms with van der Waals surface area (Å²) in [6.45, 7) is 2.66. The molecule has 0 aliphatic heterocycles. The molecule has 0 spiro atoms. The highest BCUT2D eigenvalue weighted by atomic mass is 31.2. The van der Waals surface area contributed by atoms with Gasteiger partial charge in [-0.1, -0.05) is 158 Å². The van der Waals surface area contributed by atoms with Gasteiger partial charge in [0.25, 0.3) is 0 Å². The van der Waals surface area contributed by atoms with Crippen molar-refractivity contribution in [3.63, 3.8) is 0 Å². The smallest absolute Gasteiger partial charge is 0.472 e. The number of carbonyl (C=O) groups is 3. The van der Waals surface area contributed by atoms with Gasteiger partial charge in [-0.15, -0.1) is 0 Å². The number of carbonyl (C=O) groups excluding carboxylic acids is 2. The van der Waals surface area contributed by atoms with E-state index in [4.69, 9.17) is 24.8 Å². The van der Waals surface area contributed by atoms with E-state index in [1.807, 2.05) is 0 Å². The standard InChI is InChI=1S/C47H82NO10P/c1-3-5-7-9-11-13-15-17-19-21-23-24-26-28-30-32-34-36-38-45(49)55-40-43(41-56-59(53,54)57-42-44(48)47(51)52)58-46(50)39-37-35-33-31-29-27-25-22-20-18-16-14-12-10-8-6-4-2/h6,8,12-15,18-21,43-44H,3-5,7,9-11,16-17,22-42,48H2,1-2H3,(H,51,52)(H,53,54)/b8-6-,14-12-,15-13-,20-18-,21-19-. The summed E-state index contributed by atoms with van der Waals surface area (Å²) in [5.74, 6) is -2.40. The number of hydrogen-bond donors (Lipinski definition) is 3. The summed E-state index contributed by atoms with van der Waals surface area (Å²) in [4.78, 5) is 46.0. The van der Waals surface area contributed by atoms with Crippen LogP contribution in [0.3, 0.4) is 0 Å². The molecule has 0 aliphatic carbocycles. The molecule has 3 atom stereocenters. The number of carboxylic acids is 1. The van der Waals surface area contributed by atoms with Crippen LogP contribution in [-0.2, 0) is 37.5 Å². The van der Waals surface area contributed by atoms with Crippen molar-refractivity contribution in [1.29, 1.82) is 0 Å². The number of phosphoric ester groups is 1. The van der Waals surface area contributed by atoms with Crippen LogP contribution >= 0.6 is 7.82 Å². The van der Waals surface area contributed by atoms with Crippen LogP contribution in [-0.4, -0.2) is 59.9 Å². The molecule has 3 unspecified atom stereocenters. The van der Waals surface area contributed by atoms with Crippen LogP contribution in [0.1, 0.15) is 187 Å². The molecule has 0 radical (unpaired) electrons. The zero-order valence-electron chi connectivity index (χ0n) is 36.8. The maximum absolute atomic E-state index is 12.6. The van der Waals surface area contributed by atoms with Gasteiger partial charge >= 0.3 is 25.7 Å². The topological polar surface area (TPSA) is 172 Å². The van der Waals surface area contributed by atoms with E-state index in [9.17, 15) is 23.8 Å². The maximum atomic E-state index is 12.6. The number of nitrogens with two attached hydrogens (primary N) is 1. The van der Waals surface area contributed by atoms with Crippen LogP contribution in [0.2, 0.25) is 0 Å². The first kappa shape index (κ1) is 56.2. The fourth-order valence-corrected chi connectivity index (χ4v) is 6.71. The minimum Gasteiger partial charge on any atom is -0.480 e. The van der Waals surface area contributed by atoms with E-state index in [-0.39, 0.29) is 19.4 Å². The lowest BCUT2D eigenvalue weighted by molar-refractivity contribution is -0.161. The molecule has 340 valence electrons. The minimum absolute atomic E-state index is 0.146. The molecule has 0 aromatic rings. The van der Waals surface area contributed by atoms with Crippen molar-refractivity contribution in [3.8, 4) is 0 Å². The Morgan fingerprint density at radius 1 is 0.542 bits per heavy atom. The van der Waals surface area contributed by atoms with Crippen LogP contribution in [0.15, 0.2) is 60.8 Å². The van der Waals surface area contributed by atoms with Gasteiger partial charge in [0.1, 0.15) is 12.6 Å². The zero-order chi connectivity index (χ0) is 43.5. The van der Waals surface area contributed by atoms with Crippen LogP contribution in [0.5, 0.6) is 0 Å². The zero-order valence-corrected chi connectivity index (χ0v) is 37.7. The van der Waals surface area contributed by atoms with Crippen LogP contribution in [0.4, 0.5) is 0 Å². The third-order valence-corrected chi connectivity index (χ3v) is 10.5. The number of aliphatic carboxylic acids is 1. The average molecular weight is 852 g/mol. The highest BCUT2D eigenvalue weighted by molar-refractivity contribution is 7.47. The van der Waals surface area contributed by atoms with E-state index in [0.717, 1.165) is 89.9 Å². The molecule has 0 aromatic carbocycles. The Kier molecular flexibility index (Phi) is 39.9. The van der Waals surface area contributed by atoms with Crippen LogP contribution < -0.4 is 5.73 Å². The van der Waals surface area contributed by atoms with Gasteiger partial charge in [0.2, 0.25) is 0 Å². The molecular weight excluding hydrogens is 769 g/mol. The molecule has 12 heteroatoms. The Balaban J connectivity index is 4.36. The van der Waals surface area contributed by atoms with Gasteiger partial charge < -0.3 is 25.2 Å². The Bertz CT molecular complexity index is 1230. The number of unbranched alkanes of at least 4 members (excludes halogenated alkanes) is 18. The molecule has 0 fully saturated rings. The Morgan fingerprint density at radius 3 is 1.42 bits per heavy atom. The van der Waals surface area contributed by atoms with E-state index in [1.54, 1.807) is 0 Å². The van der Waals surface area contributed by atoms with E-state index >= 15 is 0 Å². The number of carboxylic acid groups (broad SMARTS) is 1. The SMILES string of the molecule is CC/C=C\C/C=C\C/C=C\CCCCCCCCCC(=O)OC(COC(=O)CCCCCCCCC/C=C\C/C=C\CCCCCC)COP(=O)(O)OCC(N)C(=O)O. The third-order valence-electron chi connectivity index (χ3n) is 9.50. The summed E-state index contributed by atoms with van der Waals surface area (Å²) in [6, 6.07) is -1.53. The summed E-state index contributed by atoms with van der Waals surface area (Å²) in [5.41, 5.74) is 5.34. The van der Waals surface area contributed by atoms with Crippen molar-refractivity contribution >= 4 is 25.7 Å². The van der Waals surface area contributed by atoms with Gasteiger partial charge in [-0.05, 0) is 77.0 Å². The molecule has 0 saturated heterocycles. The molecule has 0 saturated carbocycles. The Morgan fingerprint density at radius 2 is 0.949 bits per heavy atom. The molecule has 0 aromatic heterocycles. The highest BCUT2D eigenvalue weighted by Crippen LogP contribution is 2.43. The lowest BCUT2D eigenvalue weighted by Gasteiger charge is -2.20. The molecule has 4 N–H and O–H groups in total. The molecule has 0 heterocycles. The second kappa shape index (κ2) is 41.9.